The lowest BCUT2D eigenvalue weighted by Crippen LogP contribution is -2.17. The van der Waals surface area contributed by atoms with Crippen molar-refractivity contribution in [1.29, 1.82) is 0 Å². The molecule has 2 aromatic heterocycles. The second-order valence-corrected chi connectivity index (χ2v) is 4.82. The molecule has 1 aromatic carbocycles. The molecule has 1 amide bonds. The Kier molecular flexibility index (Phi) is 4.01. The average Bonchev–Trinajstić information content (AvgIpc) is 3.17. The van der Waals surface area contributed by atoms with Crippen molar-refractivity contribution in [1.82, 2.24) is 15.6 Å². The third-order valence-corrected chi connectivity index (χ3v) is 3.08. The minimum atomic E-state index is -0.439. The van der Waals surface area contributed by atoms with Crippen LogP contribution in [0.1, 0.15) is 22.0 Å². The number of furan rings is 1. The predicted molar refractivity (Wildman–Crippen MR) is 82.5 cm³/mol. The minimum absolute atomic E-state index is 0.247. The minimum Gasteiger partial charge on any atom is -0.460 e. The Morgan fingerprint density at radius 2 is 2.09 bits per heavy atom. The number of hydrazone groups is 1. The van der Waals surface area contributed by atoms with Gasteiger partial charge in [0.05, 0.1) is 11.9 Å². The number of carbonyl (C=O) groups is 1. The molecule has 6 nitrogen and oxygen atoms in total. The zero-order valence-electron chi connectivity index (χ0n) is 12.2. The van der Waals surface area contributed by atoms with E-state index in [1.54, 1.807) is 30.3 Å². The van der Waals surface area contributed by atoms with Gasteiger partial charge in [-0.15, -0.1) is 0 Å². The summed E-state index contributed by atoms with van der Waals surface area (Å²) in [6, 6.07) is 10.9. The van der Waals surface area contributed by atoms with Gasteiger partial charge in [0.25, 0.3) is 5.91 Å². The second-order valence-electron chi connectivity index (χ2n) is 4.82. The second kappa shape index (κ2) is 6.27. The van der Waals surface area contributed by atoms with Gasteiger partial charge >= 0.3 is 0 Å². The van der Waals surface area contributed by atoms with Crippen molar-refractivity contribution in [2.45, 2.75) is 6.92 Å². The Morgan fingerprint density at radius 1 is 1.30 bits per heavy atom. The van der Waals surface area contributed by atoms with Crippen LogP contribution in [0.15, 0.2) is 52.0 Å². The number of nitrogens with zero attached hydrogens (tertiary/aromatic N) is 2. The molecule has 3 rings (SSSR count). The molecule has 0 aliphatic rings. The summed E-state index contributed by atoms with van der Waals surface area (Å²) < 4.78 is 18.2. The summed E-state index contributed by atoms with van der Waals surface area (Å²) in [5.74, 6) is 0.532. The molecule has 0 aliphatic heterocycles. The van der Waals surface area contributed by atoms with E-state index in [0.717, 1.165) is 5.76 Å². The molecule has 23 heavy (non-hydrogen) atoms. The quantitative estimate of drug-likeness (QED) is 0.574. The van der Waals surface area contributed by atoms with Crippen LogP contribution >= 0.6 is 0 Å². The summed E-state index contributed by atoms with van der Waals surface area (Å²) in [7, 11) is 0. The van der Waals surface area contributed by atoms with Crippen LogP contribution < -0.4 is 5.43 Å². The van der Waals surface area contributed by atoms with Gasteiger partial charge in [-0.1, -0.05) is 0 Å². The topological polar surface area (TPSA) is 83.3 Å². The highest BCUT2D eigenvalue weighted by molar-refractivity contribution is 5.93. The molecule has 0 aliphatic carbocycles. The monoisotopic (exact) mass is 312 g/mol. The lowest BCUT2D eigenvalue weighted by molar-refractivity contribution is 0.0950. The fraction of sp³-hybridized carbons (Fsp3) is 0.0625. The van der Waals surface area contributed by atoms with Gasteiger partial charge in [-0.3, -0.25) is 9.89 Å². The standard InChI is InChI=1S/C16H13FN4O2/c1-10-2-7-13(23-10)9-18-21-16(22)15-8-14(19-20-15)11-3-5-12(17)6-4-11/h2-9H,1H3,(H,19,20)(H,21,22). The first-order chi connectivity index (χ1) is 11.1. The van der Waals surface area contributed by atoms with Crippen molar-refractivity contribution in [3.8, 4) is 11.3 Å². The van der Waals surface area contributed by atoms with Gasteiger partial charge in [-0.2, -0.15) is 10.2 Å². The van der Waals surface area contributed by atoms with Crippen LogP contribution in [0.4, 0.5) is 4.39 Å². The van der Waals surface area contributed by atoms with Gasteiger partial charge in [0.2, 0.25) is 0 Å². The molecular formula is C16H13FN4O2. The normalized spacial score (nSPS) is 11.0. The zero-order chi connectivity index (χ0) is 16.2. The van der Waals surface area contributed by atoms with E-state index in [1.807, 2.05) is 6.92 Å². The van der Waals surface area contributed by atoms with Crippen LogP contribution in [0, 0.1) is 12.7 Å². The van der Waals surface area contributed by atoms with E-state index in [-0.39, 0.29) is 11.5 Å². The number of hydrogen-bond acceptors (Lipinski definition) is 4. The van der Waals surface area contributed by atoms with E-state index < -0.39 is 5.91 Å². The number of hydrogen-bond donors (Lipinski definition) is 2. The first-order valence-electron chi connectivity index (χ1n) is 6.83. The highest BCUT2D eigenvalue weighted by Crippen LogP contribution is 2.17. The fourth-order valence-electron chi connectivity index (χ4n) is 1.94. The van der Waals surface area contributed by atoms with Crippen molar-refractivity contribution in [2.24, 2.45) is 5.10 Å². The molecule has 0 fully saturated rings. The van der Waals surface area contributed by atoms with Crippen molar-refractivity contribution >= 4 is 12.1 Å². The van der Waals surface area contributed by atoms with E-state index in [1.165, 1.54) is 18.3 Å². The largest absolute Gasteiger partial charge is 0.460 e. The van der Waals surface area contributed by atoms with Crippen molar-refractivity contribution in [3.05, 3.63) is 65.5 Å². The summed E-state index contributed by atoms with van der Waals surface area (Å²) in [5.41, 5.74) is 3.86. The van der Waals surface area contributed by atoms with Gasteiger partial charge in [-0.25, -0.2) is 9.82 Å². The highest BCUT2D eigenvalue weighted by Gasteiger charge is 2.10. The van der Waals surface area contributed by atoms with Crippen LogP contribution in [0.5, 0.6) is 0 Å². The Bertz CT molecular complexity index is 849. The number of benzene rings is 1. The Hall–Kier alpha value is -3.22. The van der Waals surface area contributed by atoms with Crippen LogP contribution in [-0.4, -0.2) is 22.3 Å². The number of H-pyrrole nitrogens is 1. The van der Waals surface area contributed by atoms with Gasteiger partial charge in [0.15, 0.2) is 0 Å². The van der Waals surface area contributed by atoms with Crippen molar-refractivity contribution < 1.29 is 13.6 Å². The Morgan fingerprint density at radius 3 is 2.78 bits per heavy atom. The van der Waals surface area contributed by atoms with Crippen LogP contribution in [0.25, 0.3) is 11.3 Å². The highest BCUT2D eigenvalue weighted by atomic mass is 19.1. The maximum Gasteiger partial charge on any atom is 0.289 e. The number of amides is 1. The molecule has 0 saturated carbocycles. The molecule has 0 bridgehead atoms. The van der Waals surface area contributed by atoms with Gasteiger partial charge in [0.1, 0.15) is 23.0 Å². The molecule has 3 aromatic rings. The van der Waals surface area contributed by atoms with E-state index in [4.69, 9.17) is 4.42 Å². The molecule has 0 radical (unpaired) electrons. The number of aromatic nitrogens is 2. The maximum atomic E-state index is 12.9. The summed E-state index contributed by atoms with van der Waals surface area (Å²) >= 11 is 0. The summed E-state index contributed by atoms with van der Waals surface area (Å²) in [6.45, 7) is 1.82. The van der Waals surface area contributed by atoms with Crippen LogP contribution in [0.3, 0.4) is 0 Å². The van der Waals surface area contributed by atoms with E-state index >= 15 is 0 Å². The predicted octanol–water partition coefficient (Wildman–Crippen LogP) is 2.88. The SMILES string of the molecule is Cc1ccc(C=NNC(=O)c2cc(-c3ccc(F)cc3)n[nH]2)o1. The molecule has 0 atom stereocenters. The molecule has 2 heterocycles. The fourth-order valence-corrected chi connectivity index (χ4v) is 1.94. The van der Waals surface area contributed by atoms with E-state index in [9.17, 15) is 9.18 Å². The summed E-state index contributed by atoms with van der Waals surface area (Å²) in [4.78, 5) is 12.0. The molecule has 2 N–H and O–H groups in total. The molecule has 7 heteroatoms. The van der Waals surface area contributed by atoms with E-state index in [2.05, 4.69) is 20.7 Å². The number of nitrogens with one attached hydrogen (secondary N) is 2. The zero-order valence-corrected chi connectivity index (χ0v) is 12.2. The summed E-state index contributed by atoms with van der Waals surface area (Å²) in [6.07, 6.45) is 1.40. The van der Waals surface area contributed by atoms with E-state index in [0.29, 0.717) is 17.0 Å². The maximum absolute atomic E-state index is 12.9. The van der Waals surface area contributed by atoms with Crippen LogP contribution in [-0.2, 0) is 0 Å². The average molecular weight is 312 g/mol. The molecule has 116 valence electrons. The van der Waals surface area contributed by atoms with Gasteiger partial charge < -0.3 is 4.42 Å². The Labute approximate surface area is 131 Å². The van der Waals surface area contributed by atoms with Gasteiger partial charge in [0, 0.05) is 5.56 Å². The van der Waals surface area contributed by atoms with Crippen molar-refractivity contribution in [3.63, 3.8) is 0 Å². The summed E-state index contributed by atoms with van der Waals surface area (Å²) in [5, 5.41) is 10.5. The molecular weight excluding hydrogens is 299 g/mol. The lowest BCUT2D eigenvalue weighted by Gasteiger charge is -1.95. The molecule has 0 spiro atoms. The number of carbonyl (C=O) groups excluding carboxylic acids is 1. The van der Waals surface area contributed by atoms with Crippen molar-refractivity contribution in [2.75, 3.05) is 0 Å². The lowest BCUT2D eigenvalue weighted by atomic mass is 10.1. The third-order valence-electron chi connectivity index (χ3n) is 3.08. The Balaban J connectivity index is 1.66. The number of rotatable bonds is 4. The molecule has 0 unspecified atom stereocenters. The number of aromatic amines is 1. The smallest absolute Gasteiger partial charge is 0.289 e. The first-order valence-corrected chi connectivity index (χ1v) is 6.83. The number of halogens is 1. The molecule has 0 saturated heterocycles. The number of aryl methyl sites for hydroxylation is 1. The van der Waals surface area contributed by atoms with Gasteiger partial charge in [-0.05, 0) is 49.4 Å². The first kappa shape index (κ1) is 14.7. The third kappa shape index (κ3) is 3.52. The van der Waals surface area contributed by atoms with Crippen LogP contribution in [0.2, 0.25) is 0 Å².